The van der Waals surface area contributed by atoms with Gasteiger partial charge < -0.3 is 10.1 Å². The van der Waals surface area contributed by atoms with Crippen LogP contribution in [0, 0.1) is 5.92 Å². The lowest BCUT2D eigenvalue weighted by Crippen LogP contribution is -2.31. The summed E-state index contributed by atoms with van der Waals surface area (Å²) in [5.41, 5.74) is 0. The van der Waals surface area contributed by atoms with Crippen molar-refractivity contribution in [3.8, 4) is 0 Å². The van der Waals surface area contributed by atoms with Crippen LogP contribution in [0.4, 0.5) is 4.39 Å². The van der Waals surface area contributed by atoms with E-state index in [1.54, 1.807) is 6.92 Å². The first kappa shape index (κ1) is 11.4. The van der Waals surface area contributed by atoms with Crippen LogP contribution in [0.15, 0.2) is 0 Å². The fourth-order valence-electron chi connectivity index (χ4n) is 1.74. The molecule has 0 bridgehead atoms. The zero-order chi connectivity index (χ0) is 10.4. The Morgan fingerprint density at radius 1 is 1.57 bits per heavy atom. The monoisotopic (exact) mass is 203 g/mol. The Morgan fingerprint density at radius 3 is 2.79 bits per heavy atom. The van der Waals surface area contributed by atoms with Gasteiger partial charge in [0.2, 0.25) is 0 Å². The van der Waals surface area contributed by atoms with Gasteiger partial charge in [-0.05, 0) is 45.2 Å². The Kier molecular flexibility index (Phi) is 4.87. The van der Waals surface area contributed by atoms with Crippen LogP contribution in [0.1, 0.15) is 26.2 Å². The highest BCUT2D eigenvalue weighted by atomic mass is 19.1. The number of carbonyl (C=O) groups excluding carboxylic acids is 1. The van der Waals surface area contributed by atoms with Crippen molar-refractivity contribution in [1.29, 1.82) is 0 Å². The molecule has 0 aliphatic carbocycles. The second-order valence-corrected chi connectivity index (χ2v) is 3.65. The van der Waals surface area contributed by atoms with E-state index in [2.05, 4.69) is 10.1 Å². The lowest BCUT2D eigenvalue weighted by molar-refractivity contribution is -0.149. The normalized spacial score (nSPS) is 20.4. The highest BCUT2D eigenvalue weighted by Crippen LogP contribution is 2.19. The van der Waals surface area contributed by atoms with Gasteiger partial charge in [-0.1, -0.05) is 0 Å². The van der Waals surface area contributed by atoms with Crippen molar-refractivity contribution in [2.45, 2.75) is 32.4 Å². The summed E-state index contributed by atoms with van der Waals surface area (Å²) in [6.45, 7) is 3.81. The van der Waals surface area contributed by atoms with Gasteiger partial charge in [-0.25, -0.2) is 9.18 Å². The second kappa shape index (κ2) is 5.96. The number of halogens is 1. The average molecular weight is 203 g/mol. The van der Waals surface area contributed by atoms with Crippen molar-refractivity contribution >= 4 is 5.97 Å². The van der Waals surface area contributed by atoms with Crippen molar-refractivity contribution in [2.24, 2.45) is 5.92 Å². The summed E-state index contributed by atoms with van der Waals surface area (Å²) in [5, 5.41) is 3.20. The van der Waals surface area contributed by atoms with Gasteiger partial charge in [-0.2, -0.15) is 0 Å². The van der Waals surface area contributed by atoms with Crippen molar-refractivity contribution in [3.63, 3.8) is 0 Å². The smallest absolute Gasteiger partial charge is 0.340 e. The molecular weight excluding hydrogens is 185 g/mol. The van der Waals surface area contributed by atoms with Crippen LogP contribution >= 0.6 is 0 Å². The number of carbonyl (C=O) groups is 1. The molecule has 3 nitrogen and oxygen atoms in total. The molecule has 1 heterocycles. The van der Waals surface area contributed by atoms with E-state index < -0.39 is 12.1 Å². The molecular formula is C10H18FNO2. The first-order valence-corrected chi connectivity index (χ1v) is 5.25. The van der Waals surface area contributed by atoms with E-state index in [0.717, 1.165) is 25.9 Å². The van der Waals surface area contributed by atoms with Gasteiger partial charge >= 0.3 is 5.97 Å². The predicted molar refractivity (Wildman–Crippen MR) is 51.7 cm³/mol. The van der Waals surface area contributed by atoms with Gasteiger partial charge in [-0.15, -0.1) is 0 Å². The number of hydrogen-bond acceptors (Lipinski definition) is 3. The van der Waals surface area contributed by atoms with Crippen molar-refractivity contribution < 1.29 is 13.9 Å². The fourth-order valence-corrected chi connectivity index (χ4v) is 1.74. The van der Waals surface area contributed by atoms with Gasteiger partial charge in [0.25, 0.3) is 0 Å². The molecule has 0 spiro atoms. The average Bonchev–Trinajstić information content (AvgIpc) is 2.19. The van der Waals surface area contributed by atoms with Gasteiger partial charge in [-0.3, -0.25) is 0 Å². The number of hydrogen-bond donors (Lipinski definition) is 1. The molecule has 1 fully saturated rings. The minimum atomic E-state index is -1.43. The number of piperidine rings is 1. The number of esters is 1. The molecule has 1 N–H and O–H groups in total. The number of rotatable bonds is 4. The van der Waals surface area contributed by atoms with E-state index >= 15 is 0 Å². The maximum absolute atomic E-state index is 13.3. The van der Waals surface area contributed by atoms with Crippen LogP contribution in [-0.2, 0) is 9.53 Å². The molecule has 0 radical (unpaired) electrons. The van der Waals surface area contributed by atoms with E-state index in [-0.39, 0.29) is 6.61 Å². The minimum Gasteiger partial charge on any atom is -0.464 e. The predicted octanol–water partition coefficient (Wildman–Crippen LogP) is 1.28. The van der Waals surface area contributed by atoms with Crippen molar-refractivity contribution in [2.75, 3.05) is 19.7 Å². The Labute approximate surface area is 84.0 Å². The summed E-state index contributed by atoms with van der Waals surface area (Å²) in [4.78, 5) is 11.0. The number of nitrogens with one attached hydrogen (secondary N) is 1. The second-order valence-electron chi connectivity index (χ2n) is 3.65. The summed E-state index contributed by atoms with van der Waals surface area (Å²) in [6.07, 6.45) is 0.804. The highest BCUT2D eigenvalue weighted by Gasteiger charge is 2.24. The molecule has 0 aromatic carbocycles. The van der Waals surface area contributed by atoms with E-state index in [9.17, 15) is 9.18 Å². The zero-order valence-corrected chi connectivity index (χ0v) is 8.59. The summed E-state index contributed by atoms with van der Waals surface area (Å²) in [5.74, 6) is -0.373. The molecule has 1 aliphatic rings. The quantitative estimate of drug-likeness (QED) is 0.699. The Morgan fingerprint density at radius 2 is 2.21 bits per heavy atom. The molecule has 4 heteroatoms. The lowest BCUT2D eigenvalue weighted by Gasteiger charge is -2.23. The Bertz CT molecular complexity index is 181. The molecule has 1 aliphatic heterocycles. The van der Waals surface area contributed by atoms with Crippen LogP contribution in [-0.4, -0.2) is 31.8 Å². The van der Waals surface area contributed by atoms with E-state index in [4.69, 9.17) is 0 Å². The third-order valence-electron chi connectivity index (χ3n) is 2.54. The van der Waals surface area contributed by atoms with Gasteiger partial charge in [0.1, 0.15) is 0 Å². The lowest BCUT2D eigenvalue weighted by atomic mass is 9.92. The van der Waals surface area contributed by atoms with Gasteiger partial charge in [0.05, 0.1) is 6.61 Å². The zero-order valence-electron chi connectivity index (χ0n) is 8.59. The van der Waals surface area contributed by atoms with E-state index in [0.29, 0.717) is 12.3 Å². The number of alkyl halides is 1. The van der Waals surface area contributed by atoms with E-state index in [1.807, 2.05) is 0 Å². The first-order valence-electron chi connectivity index (χ1n) is 5.25. The highest BCUT2D eigenvalue weighted by molar-refractivity contribution is 5.74. The summed E-state index contributed by atoms with van der Waals surface area (Å²) < 4.78 is 17.9. The van der Waals surface area contributed by atoms with Crippen molar-refractivity contribution in [1.82, 2.24) is 5.32 Å². The maximum atomic E-state index is 13.3. The van der Waals surface area contributed by atoms with Crippen LogP contribution < -0.4 is 5.32 Å². The van der Waals surface area contributed by atoms with Crippen LogP contribution in [0.25, 0.3) is 0 Å². The van der Waals surface area contributed by atoms with Gasteiger partial charge in [0, 0.05) is 0 Å². The van der Waals surface area contributed by atoms with Gasteiger partial charge in [0.15, 0.2) is 6.17 Å². The molecule has 1 unspecified atom stereocenters. The van der Waals surface area contributed by atoms with Crippen LogP contribution in [0.5, 0.6) is 0 Å². The number of ether oxygens (including phenoxy) is 1. The van der Waals surface area contributed by atoms with Crippen LogP contribution in [0.3, 0.4) is 0 Å². The Balaban J connectivity index is 2.24. The molecule has 1 rings (SSSR count). The largest absolute Gasteiger partial charge is 0.464 e. The molecule has 0 saturated carbocycles. The fraction of sp³-hybridized carbons (Fsp3) is 0.900. The third-order valence-corrected chi connectivity index (χ3v) is 2.54. The molecule has 1 atom stereocenters. The molecule has 0 amide bonds. The van der Waals surface area contributed by atoms with E-state index in [1.165, 1.54) is 0 Å². The SMILES string of the molecule is CCOC(=O)C(F)CC1CCNCC1. The molecule has 1 saturated heterocycles. The molecule has 82 valence electrons. The third kappa shape index (κ3) is 3.62. The van der Waals surface area contributed by atoms with Crippen LogP contribution in [0.2, 0.25) is 0 Å². The Hall–Kier alpha value is -0.640. The topological polar surface area (TPSA) is 38.3 Å². The van der Waals surface area contributed by atoms with Crippen molar-refractivity contribution in [3.05, 3.63) is 0 Å². The first-order chi connectivity index (χ1) is 6.74. The standard InChI is InChI=1S/C10H18FNO2/c1-2-14-10(13)9(11)7-8-3-5-12-6-4-8/h8-9,12H,2-7H2,1H3. The summed E-state index contributed by atoms with van der Waals surface area (Å²) in [6, 6.07) is 0. The summed E-state index contributed by atoms with van der Waals surface area (Å²) in [7, 11) is 0. The minimum absolute atomic E-state index is 0.255. The molecule has 0 aromatic heterocycles. The maximum Gasteiger partial charge on any atom is 0.340 e. The molecule has 0 aromatic rings. The molecule has 14 heavy (non-hydrogen) atoms. The summed E-state index contributed by atoms with van der Waals surface area (Å²) >= 11 is 0.